The molecule has 0 aromatic carbocycles. The minimum atomic E-state index is -0.0398. The van der Waals surface area contributed by atoms with Gasteiger partial charge < -0.3 is 10.6 Å². The monoisotopic (exact) mass is 265 g/mol. The van der Waals surface area contributed by atoms with Crippen LogP contribution in [0.2, 0.25) is 0 Å². The molecule has 6 heteroatoms. The zero-order valence-corrected chi connectivity index (χ0v) is 11.7. The fourth-order valence-electron chi connectivity index (χ4n) is 2.84. The Morgan fingerprint density at radius 2 is 2.26 bits per heavy atom. The largest absolute Gasteiger partial charge is 0.337 e. The van der Waals surface area contributed by atoms with Crippen LogP contribution in [0.1, 0.15) is 43.1 Å². The maximum absolute atomic E-state index is 12.4. The van der Waals surface area contributed by atoms with Gasteiger partial charge in [0.05, 0.1) is 12.7 Å². The number of nitrogens with two attached hydrogens (primary N) is 1. The molecule has 106 valence electrons. The van der Waals surface area contributed by atoms with Gasteiger partial charge in [0, 0.05) is 19.6 Å². The summed E-state index contributed by atoms with van der Waals surface area (Å²) in [6.07, 6.45) is 6.43. The molecule has 2 unspecified atom stereocenters. The van der Waals surface area contributed by atoms with E-state index in [0.29, 0.717) is 30.7 Å². The molecule has 1 heterocycles. The molecule has 1 aromatic rings. The average molecular weight is 265 g/mol. The summed E-state index contributed by atoms with van der Waals surface area (Å²) >= 11 is 0. The van der Waals surface area contributed by atoms with Crippen LogP contribution in [0.3, 0.4) is 0 Å². The van der Waals surface area contributed by atoms with Crippen LogP contribution in [-0.4, -0.2) is 45.4 Å². The predicted octanol–water partition coefficient (Wildman–Crippen LogP) is 0.888. The van der Waals surface area contributed by atoms with Crippen molar-refractivity contribution in [2.75, 3.05) is 13.6 Å². The Morgan fingerprint density at radius 1 is 1.53 bits per heavy atom. The lowest BCUT2D eigenvalue weighted by Crippen LogP contribution is -2.42. The molecular weight excluding hydrogens is 242 g/mol. The Balaban J connectivity index is 2.04. The molecule has 0 saturated heterocycles. The maximum Gasteiger partial charge on any atom is 0.276 e. The molecule has 6 nitrogen and oxygen atoms in total. The number of hydrogen-bond acceptors (Lipinski definition) is 4. The fraction of sp³-hybridized carbons (Fsp3) is 0.769. The lowest BCUT2D eigenvalue weighted by atomic mass is 9.85. The minimum Gasteiger partial charge on any atom is -0.337 e. The molecule has 0 bridgehead atoms. The Hall–Kier alpha value is -1.43. The summed E-state index contributed by atoms with van der Waals surface area (Å²) in [6, 6.07) is 0.320. The first-order valence-corrected chi connectivity index (χ1v) is 7.01. The highest BCUT2D eigenvalue weighted by molar-refractivity contribution is 5.92. The first-order valence-electron chi connectivity index (χ1n) is 7.01. The van der Waals surface area contributed by atoms with E-state index in [4.69, 9.17) is 5.73 Å². The van der Waals surface area contributed by atoms with E-state index in [1.54, 1.807) is 10.9 Å². The van der Waals surface area contributed by atoms with E-state index in [1.165, 1.54) is 19.3 Å². The summed E-state index contributed by atoms with van der Waals surface area (Å²) < 4.78 is 1.62. The highest BCUT2D eigenvalue weighted by atomic mass is 16.2. The molecule has 19 heavy (non-hydrogen) atoms. The smallest absolute Gasteiger partial charge is 0.276 e. The van der Waals surface area contributed by atoms with Crippen molar-refractivity contribution in [3.63, 3.8) is 0 Å². The molecule has 1 fully saturated rings. The van der Waals surface area contributed by atoms with E-state index in [9.17, 15) is 4.79 Å². The Kier molecular flexibility index (Phi) is 4.52. The van der Waals surface area contributed by atoms with Gasteiger partial charge in [-0.3, -0.25) is 9.48 Å². The lowest BCUT2D eigenvalue weighted by Gasteiger charge is -2.35. The number of carbonyl (C=O) groups is 1. The summed E-state index contributed by atoms with van der Waals surface area (Å²) in [5, 5.41) is 7.85. The van der Waals surface area contributed by atoms with Crippen LogP contribution in [0.15, 0.2) is 6.20 Å². The Bertz CT molecular complexity index is 430. The summed E-state index contributed by atoms with van der Waals surface area (Å²) in [5.74, 6) is 0.517. The summed E-state index contributed by atoms with van der Waals surface area (Å²) in [4.78, 5) is 14.2. The quantitative estimate of drug-likeness (QED) is 0.877. The van der Waals surface area contributed by atoms with Crippen LogP contribution in [0.25, 0.3) is 0 Å². The molecule has 0 spiro atoms. The minimum absolute atomic E-state index is 0.0398. The fourth-order valence-corrected chi connectivity index (χ4v) is 2.84. The third-order valence-corrected chi connectivity index (χ3v) is 4.00. The van der Waals surface area contributed by atoms with E-state index in [2.05, 4.69) is 17.2 Å². The van der Waals surface area contributed by atoms with Crippen LogP contribution < -0.4 is 5.73 Å². The maximum atomic E-state index is 12.4. The van der Waals surface area contributed by atoms with E-state index < -0.39 is 0 Å². The van der Waals surface area contributed by atoms with E-state index in [1.807, 2.05) is 11.9 Å². The van der Waals surface area contributed by atoms with Gasteiger partial charge in [0.2, 0.25) is 0 Å². The molecular formula is C13H23N5O. The first-order chi connectivity index (χ1) is 9.13. The molecule has 2 N–H and O–H groups in total. The summed E-state index contributed by atoms with van der Waals surface area (Å²) in [5.41, 5.74) is 5.87. The van der Waals surface area contributed by atoms with Gasteiger partial charge in [0.15, 0.2) is 5.69 Å². The van der Waals surface area contributed by atoms with Crippen molar-refractivity contribution in [2.45, 2.75) is 45.2 Å². The Labute approximate surface area is 113 Å². The molecule has 1 aliphatic carbocycles. The number of aromatic nitrogens is 3. The zero-order chi connectivity index (χ0) is 13.8. The average Bonchev–Trinajstić information content (AvgIpc) is 2.87. The third-order valence-electron chi connectivity index (χ3n) is 4.00. The van der Waals surface area contributed by atoms with Crippen molar-refractivity contribution in [2.24, 2.45) is 11.7 Å². The second kappa shape index (κ2) is 6.14. The molecule has 1 amide bonds. The van der Waals surface area contributed by atoms with Gasteiger partial charge in [0.25, 0.3) is 5.91 Å². The second-order valence-corrected chi connectivity index (χ2v) is 5.40. The highest BCUT2D eigenvalue weighted by Gasteiger charge is 2.29. The van der Waals surface area contributed by atoms with Gasteiger partial charge in [-0.25, -0.2) is 0 Å². The van der Waals surface area contributed by atoms with Crippen molar-refractivity contribution in [1.29, 1.82) is 0 Å². The third kappa shape index (κ3) is 3.12. The van der Waals surface area contributed by atoms with Crippen LogP contribution in [0, 0.1) is 5.92 Å². The Morgan fingerprint density at radius 3 is 2.95 bits per heavy atom. The van der Waals surface area contributed by atoms with Crippen molar-refractivity contribution in [3.05, 3.63) is 11.9 Å². The van der Waals surface area contributed by atoms with Crippen molar-refractivity contribution in [3.8, 4) is 0 Å². The van der Waals surface area contributed by atoms with Gasteiger partial charge in [-0.15, -0.1) is 5.10 Å². The zero-order valence-electron chi connectivity index (χ0n) is 11.7. The number of carbonyl (C=O) groups excluding carboxylic acids is 1. The molecule has 1 aromatic heterocycles. The van der Waals surface area contributed by atoms with Gasteiger partial charge in [-0.05, 0) is 18.8 Å². The van der Waals surface area contributed by atoms with Crippen LogP contribution in [0.4, 0.5) is 0 Å². The van der Waals surface area contributed by atoms with Crippen molar-refractivity contribution < 1.29 is 4.79 Å². The SMILES string of the molecule is CC1CCCCC1N(C)C(=O)c1cn(CCN)nn1. The molecule has 1 saturated carbocycles. The highest BCUT2D eigenvalue weighted by Crippen LogP contribution is 2.27. The van der Waals surface area contributed by atoms with E-state index in [-0.39, 0.29) is 5.91 Å². The van der Waals surface area contributed by atoms with Gasteiger partial charge in [-0.1, -0.05) is 25.0 Å². The van der Waals surface area contributed by atoms with Gasteiger partial charge >= 0.3 is 0 Å². The molecule has 0 aliphatic heterocycles. The van der Waals surface area contributed by atoms with Gasteiger partial charge in [0.1, 0.15) is 0 Å². The lowest BCUT2D eigenvalue weighted by molar-refractivity contribution is 0.0623. The molecule has 0 radical (unpaired) electrons. The van der Waals surface area contributed by atoms with Crippen molar-refractivity contribution in [1.82, 2.24) is 19.9 Å². The molecule has 2 rings (SSSR count). The number of rotatable bonds is 4. The number of nitrogens with zero attached hydrogens (tertiary/aromatic N) is 4. The topological polar surface area (TPSA) is 77.0 Å². The molecule has 1 aliphatic rings. The molecule has 2 atom stereocenters. The second-order valence-electron chi connectivity index (χ2n) is 5.40. The van der Waals surface area contributed by atoms with Crippen LogP contribution in [-0.2, 0) is 6.54 Å². The van der Waals surface area contributed by atoms with Crippen LogP contribution in [0.5, 0.6) is 0 Å². The van der Waals surface area contributed by atoms with Gasteiger partial charge in [-0.2, -0.15) is 0 Å². The number of hydrogen-bond donors (Lipinski definition) is 1. The van der Waals surface area contributed by atoms with E-state index in [0.717, 1.165) is 6.42 Å². The predicted molar refractivity (Wildman–Crippen MR) is 72.6 cm³/mol. The van der Waals surface area contributed by atoms with Crippen LogP contribution >= 0.6 is 0 Å². The first kappa shape index (κ1) is 14.0. The number of amides is 1. The normalized spacial score (nSPS) is 23.3. The standard InChI is InChI=1S/C13H23N5O/c1-10-5-3-4-6-12(10)17(2)13(19)11-9-18(8-7-14)16-15-11/h9-10,12H,3-8,14H2,1-2H3. The van der Waals surface area contributed by atoms with E-state index >= 15 is 0 Å². The van der Waals surface area contributed by atoms with Crippen molar-refractivity contribution >= 4 is 5.91 Å². The summed E-state index contributed by atoms with van der Waals surface area (Å²) in [6.45, 7) is 3.30. The summed E-state index contributed by atoms with van der Waals surface area (Å²) in [7, 11) is 1.87.